The van der Waals surface area contributed by atoms with E-state index in [1.807, 2.05) is 42.5 Å². The first kappa shape index (κ1) is 16.9. The van der Waals surface area contributed by atoms with E-state index in [0.29, 0.717) is 13.0 Å². The van der Waals surface area contributed by atoms with E-state index in [1.54, 1.807) is 30.4 Å². The summed E-state index contributed by atoms with van der Waals surface area (Å²) >= 11 is 0. The molecule has 1 aromatic carbocycles. The average Bonchev–Trinajstić information content (AvgIpc) is 2.67. The minimum absolute atomic E-state index is 0.0226. The van der Waals surface area contributed by atoms with Crippen LogP contribution in [0.2, 0.25) is 0 Å². The van der Waals surface area contributed by atoms with Gasteiger partial charge in [-0.3, -0.25) is 14.6 Å². The molecule has 1 aliphatic rings. The molecule has 5 nitrogen and oxygen atoms in total. The maximum atomic E-state index is 12.8. The number of carbonyl (C=O) groups excluding carboxylic acids is 2. The zero-order chi connectivity index (χ0) is 17.6. The van der Waals surface area contributed by atoms with E-state index in [4.69, 9.17) is 0 Å². The third kappa shape index (κ3) is 3.94. The molecule has 0 saturated carbocycles. The minimum Gasteiger partial charge on any atom is -0.330 e. The van der Waals surface area contributed by atoms with Crippen LogP contribution in [0.3, 0.4) is 0 Å². The summed E-state index contributed by atoms with van der Waals surface area (Å²) in [5.41, 5.74) is 1.78. The van der Waals surface area contributed by atoms with Gasteiger partial charge in [0.2, 0.25) is 11.8 Å². The number of anilines is 1. The Morgan fingerprint density at radius 1 is 1.20 bits per heavy atom. The molecule has 1 aromatic heterocycles. The summed E-state index contributed by atoms with van der Waals surface area (Å²) in [6, 6.07) is 12.8. The Bertz CT molecular complexity index is 759. The molecule has 2 amide bonds. The van der Waals surface area contributed by atoms with E-state index < -0.39 is 6.04 Å². The quantitative estimate of drug-likeness (QED) is 0.807. The van der Waals surface area contributed by atoms with Gasteiger partial charge in [0, 0.05) is 37.7 Å². The fourth-order valence-electron chi connectivity index (χ4n) is 2.99. The molecule has 1 aliphatic heterocycles. The SMILES string of the molecule is CN(C(=O)/C=C/c1ccncc1)[C@H]1CCCN(c2ccccc2)C1=O. The Labute approximate surface area is 147 Å². The van der Waals surface area contributed by atoms with E-state index in [1.165, 1.54) is 11.0 Å². The van der Waals surface area contributed by atoms with Crippen LogP contribution >= 0.6 is 0 Å². The molecule has 1 saturated heterocycles. The maximum Gasteiger partial charge on any atom is 0.249 e. The fraction of sp³-hybridized carbons (Fsp3) is 0.250. The fourth-order valence-corrected chi connectivity index (χ4v) is 2.99. The number of pyridine rings is 1. The summed E-state index contributed by atoms with van der Waals surface area (Å²) in [6.45, 7) is 0.689. The Morgan fingerprint density at radius 2 is 1.92 bits per heavy atom. The van der Waals surface area contributed by atoms with Crippen molar-refractivity contribution < 1.29 is 9.59 Å². The van der Waals surface area contributed by atoms with E-state index >= 15 is 0 Å². The minimum atomic E-state index is -0.427. The van der Waals surface area contributed by atoms with Crippen molar-refractivity contribution in [2.75, 3.05) is 18.5 Å². The van der Waals surface area contributed by atoms with Crippen molar-refractivity contribution in [1.29, 1.82) is 0 Å². The molecule has 0 spiro atoms. The molecule has 0 aliphatic carbocycles. The monoisotopic (exact) mass is 335 g/mol. The second-order valence-electron chi connectivity index (χ2n) is 6.05. The lowest BCUT2D eigenvalue weighted by Crippen LogP contribution is -2.52. The highest BCUT2D eigenvalue weighted by atomic mass is 16.2. The van der Waals surface area contributed by atoms with Gasteiger partial charge in [-0.05, 0) is 48.7 Å². The zero-order valence-electron chi connectivity index (χ0n) is 14.2. The van der Waals surface area contributed by atoms with Gasteiger partial charge in [0.05, 0.1) is 0 Å². The molecule has 2 heterocycles. The molecule has 3 rings (SSSR count). The third-order valence-electron chi connectivity index (χ3n) is 4.42. The number of aromatic nitrogens is 1. The van der Waals surface area contributed by atoms with Crippen molar-refractivity contribution >= 4 is 23.6 Å². The van der Waals surface area contributed by atoms with Crippen LogP contribution in [-0.2, 0) is 9.59 Å². The molecule has 0 radical (unpaired) electrons. The molecule has 128 valence electrons. The highest BCUT2D eigenvalue weighted by Gasteiger charge is 2.33. The van der Waals surface area contributed by atoms with Gasteiger partial charge in [-0.2, -0.15) is 0 Å². The van der Waals surface area contributed by atoms with Gasteiger partial charge in [-0.1, -0.05) is 18.2 Å². The lowest BCUT2D eigenvalue weighted by molar-refractivity contribution is -0.135. The van der Waals surface area contributed by atoms with Crippen molar-refractivity contribution in [2.24, 2.45) is 0 Å². The van der Waals surface area contributed by atoms with E-state index in [9.17, 15) is 9.59 Å². The number of likely N-dealkylation sites (N-methyl/N-ethyl adjacent to an activating group) is 1. The Morgan fingerprint density at radius 3 is 2.64 bits per heavy atom. The standard InChI is InChI=1S/C20H21N3O2/c1-22(19(24)10-9-16-11-13-21-14-12-16)18-8-5-15-23(20(18)25)17-6-3-2-4-7-17/h2-4,6-7,9-14,18H,5,8,15H2,1H3/b10-9+/t18-/m0/s1. The number of hydrogen-bond donors (Lipinski definition) is 0. The molecule has 0 bridgehead atoms. The Kier molecular flexibility index (Phi) is 5.23. The van der Waals surface area contributed by atoms with Crippen molar-refractivity contribution in [3.8, 4) is 0 Å². The smallest absolute Gasteiger partial charge is 0.249 e. The third-order valence-corrected chi connectivity index (χ3v) is 4.42. The van der Waals surface area contributed by atoms with Crippen LogP contribution in [0.4, 0.5) is 5.69 Å². The van der Waals surface area contributed by atoms with Gasteiger partial charge in [0.25, 0.3) is 0 Å². The predicted octanol–water partition coefficient (Wildman–Crippen LogP) is 2.75. The largest absolute Gasteiger partial charge is 0.330 e. The second kappa shape index (κ2) is 7.75. The van der Waals surface area contributed by atoms with E-state index in [2.05, 4.69) is 4.98 Å². The maximum absolute atomic E-state index is 12.8. The van der Waals surface area contributed by atoms with Crippen molar-refractivity contribution in [3.63, 3.8) is 0 Å². The van der Waals surface area contributed by atoms with Crippen LogP contribution in [0.1, 0.15) is 18.4 Å². The second-order valence-corrected chi connectivity index (χ2v) is 6.05. The highest BCUT2D eigenvalue weighted by molar-refractivity contribution is 6.01. The number of amides is 2. The molecule has 25 heavy (non-hydrogen) atoms. The normalized spacial score (nSPS) is 17.7. The van der Waals surface area contributed by atoms with Gasteiger partial charge in [0.15, 0.2) is 0 Å². The first-order chi connectivity index (χ1) is 12.2. The topological polar surface area (TPSA) is 53.5 Å². The summed E-state index contributed by atoms with van der Waals surface area (Å²) in [5, 5.41) is 0. The summed E-state index contributed by atoms with van der Waals surface area (Å²) in [5.74, 6) is -0.198. The van der Waals surface area contributed by atoms with Crippen LogP contribution < -0.4 is 4.90 Å². The summed E-state index contributed by atoms with van der Waals surface area (Å²) in [4.78, 5) is 32.6. The van der Waals surface area contributed by atoms with Crippen LogP contribution in [0.25, 0.3) is 6.08 Å². The average molecular weight is 335 g/mol. The number of carbonyl (C=O) groups is 2. The van der Waals surface area contributed by atoms with Crippen molar-refractivity contribution in [3.05, 3.63) is 66.5 Å². The molecule has 0 unspecified atom stereocenters. The van der Waals surface area contributed by atoms with Crippen LogP contribution in [0.5, 0.6) is 0 Å². The van der Waals surface area contributed by atoms with Crippen LogP contribution in [0.15, 0.2) is 60.9 Å². The number of nitrogens with zero attached hydrogens (tertiary/aromatic N) is 3. The lowest BCUT2D eigenvalue weighted by atomic mass is 10.0. The highest BCUT2D eigenvalue weighted by Crippen LogP contribution is 2.23. The lowest BCUT2D eigenvalue weighted by Gasteiger charge is -2.36. The molecule has 2 aromatic rings. The first-order valence-corrected chi connectivity index (χ1v) is 8.38. The summed E-state index contributed by atoms with van der Waals surface area (Å²) in [6.07, 6.45) is 8.16. The number of hydrogen-bond acceptors (Lipinski definition) is 3. The number of para-hydroxylation sites is 1. The summed E-state index contributed by atoms with van der Waals surface area (Å²) in [7, 11) is 1.69. The summed E-state index contributed by atoms with van der Waals surface area (Å²) < 4.78 is 0. The number of rotatable bonds is 4. The molecule has 5 heteroatoms. The first-order valence-electron chi connectivity index (χ1n) is 8.38. The van der Waals surface area contributed by atoms with E-state index in [0.717, 1.165) is 17.7 Å². The molecule has 1 fully saturated rings. The number of benzene rings is 1. The van der Waals surface area contributed by atoms with Crippen molar-refractivity contribution in [1.82, 2.24) is 9.88 Å². The predicted molar refractivity (Wildman–Crippen MR) is 97.9 cm³/mol. The van der Waals surface area contributed by atoms with E-state index in [-0.39, 0.29) is 11.8 Å². The van der Waals surface area contributed by atoms with Gasteiger partial charge >= 0.3 is 0 Å². The zero-order valence-corrected chi connectivity index (χ0v) is 14.2. The molecular formula is C20H21N3O2. The molecule has 1 atom stereocenters. The van der Waals surface area contributed by atoms with Gasteiger partial charge in [0.1, 0.15) is 6.04 Å². The van der Waals surface area contributed by atoms with Gasteiger partial charge < -0.3 is 9.80 Å². The Balaban J connectivity index is 1.70. The van der Waals surface area contributed by atoms with Crippen LogP contribution in [-0.4, -0.2) is 41.3 Å². The molecular weight excluding hydrogens is 314 g/mol. The molecule has 0 N–H and O–H groups in total. The van der Waals surface area contributed by atoms with Crippen LogP contribution in [0, 0.1) is 0 Å². The van der Waals surface area contributed by atoms with Gasteiger partial charge in [-0.25, -0.2) is 0 Å². The Hall–Kier alpha value is -2.95. The van der Waals surface area contributed by atoms with Crippen molar-refractivity contribution in [2.45, 2.75) is 18.9 Å². The van der Waals surface area contributed by atoms with Gasteiger partial charge in [-0.15, -0.1) is 0 Å². The number of piperidine rings is 1.